The first-order valence-electron chi connectivity index (χ1n) is 7.66. The Morgan fingerprint density at radius 2 is 1.96 bits per heavy atom. The van der Waals surface area contributed by atoms with Crippen molar-refractivity contribution in [1.82, 2.24) is 16.2 Å². The van der Waals surface area contributed by atoms with Crippen LogP contribution >= 0.6 is 15.9 Å². The molecule has 2 amide bonds. The van der Waals surface area contributed by atoms with Crippen LogP contribution in [0, 0.1) is 12.8 Å². The molecule has 0 unspecified atom stereocenters. The number of carbonyl (C=O) groups is 2. The van der Waals surface area contributed by atoms with Crippen molar-refractivity contribution in [2.75, 3.05) is 13.2 Å². The lowest BCUT2D eigenvalue weighted by Crippen LogP contribution is -2.40. The van der Waals surface area contributed by atoms with Crippen LogP contribution in [-0.4, -0.2) is 25.0 Å². The lowest BCUT2D eigenvalue weighted by Gasteiger charge is -2.13. The van der Waals surface area contributed by atoms with E-state index in [1.54, 1.807) is 6.07 Å². The fourth-order valence-corrected chi connectivity index (χ4v) is 2.29. The highest BCUT2D eigenvalue weighted by atomic mass is 79.9. The summed E-state index contributed by atoms with van der Waals surface area (Å²) in [6.07, 6.45) is 0.0946. The van der Waals surface area contributed by atoms with Gasteiger partial charge in [-0.15, -0.1) is 0 Å². The van der Waals surface area contributed by atoms with Gasteiger partial charge in [-0.2, -0.15) is 0 Å². The highest BCUT2D eigenvalue weighted by molar-refractivity contribution is 9.10. The number of carbonyl (C=O) groups excluding carboxylic acids is 2. The van der Waals surface area contributed by atoms with Gasteiger partial charge in [0.05, 0.1) is 10.9 Å². The summed E-state index contributed by atoms with van der Waals surface area (Å²) < 4.78 is 6.21. The van der Waals surface area contributed by atoms with Gasteiger partial charge in [-0.1, -0.05) is 26.5 Å². The van der Waals surface area contributed by atoms with Gasteiger partial charge < -0.3 is 15.5 Å². The second kappa shape index (κ2) is 9.97. The summed E-state index contributed by atoms with van der Waals surface area (Å²) in [5, 5.41) is 2.78. The van der Waals surface area contributed by atoms with E-state index < -0.39 is 0 Å². The summed E-state index contributed by atoms with van der Waals surface area (Å²) in [6.45, 7) is 10.2. The van der Waals surface area contributed by atoms with Gasteiger partial charge >= 0.3 is 0 Å². The van der Waals surface area contributed by atoms with Crippen LogP contribution in [0.4, 0.5) is 0 Å². The van der Waals surface area contributed by atoms with Crippen LogP contribution in [0.3, 0.4) is 0 Å². The molecule has 7 heteroatoms. The average Bonchev–Trinajstić information content (AvgIpc) is 2.50. The molecule has 0 fully saturated rings. The van der Waals surface area contributed by atoms with Gasteiger partial charge in [0.15, 0.2) is 6.61 Å². The first kappa shape index (κ1) is 20.0. The van der Waals surface area contributed by atoms with Gasteiger partial charge in [0.1, 0.15) is 5.75 Å². The van der Waals surface area contributed by atoms with Crippen LogP contribution in [0.25, 0.3) is 0 Å². The normalized spacial score (nSPS) is 10.2. The second-order valence-corrected chi connectivity index (χ2v) is 6.73. The van der Waals surface area contributed by atoms with Gasteiger partial charge in [0.25, 0.3) is 5.91 Å². The first-order chi connectivity index (χ1) is 11.3. The van der Waals surface area contributed by atoms with E-state index in [2.05, 4.69) is 38.7 Å². The number of halogens is 1. The Hall–Kier alpha value is -2.02. The number of aryl methyl sites for hydroxylation is 1. The third kappa shape index (κ3) is 8.01. The molecule has 0 saturated heterocycles. The molecule has 0 spiro atoms. The van der Waals surface area contributed by atoms with Crippen LogP contribution in [0.15, 0.2) is 34.9 Å². The van der Waals surface area contributed by atoms with Gasteiger partial charge in [-0.25, -0.2) is 0 Å². The maximum absolute atomic E-state index is 11.7. The zero-order valence-corrected chi connectivity index (χ0v) is 15.8. The lowest BCUT2D eigenvalue weighted by atomic mass is 10.2. The Morgan fingerprint density at radius 1 is 1.25 bits per heavy atom. The highest BCUT2D eigenvalue weighted by Crippen LogP contribution is 2.25. The minimum atomic E-state index is -0.369. The second-order valence-electron chi connectivity index (χ2n) is 5.87. The molecule has 0 aliphatic carbocycles. The molecule has 1 aromatic carbocycles. The number of ether oxygens (including phenoxy) is 1. The highest BCUT2D eigenvalue weighted by Gasteiger charge is 2.08. The minimum Gasteiger partial charge on any atom is -0.483 e. The van der Waals surface area contributed by atoms with Crippen molar-refractivity contribution < 1.29 is 14.3 Å². The summed E-state index contributed by atoms with van der Waals surface area (Å²) >= 11 is 3.38. The van der Waals surface area contributed by atoms with Gasteiger partial charge in [-0.3, -0.25) is 15.0 Å². The predicted octanol–water partition coefficient (Wildman–Crippen LogP) is 2.43. The molecule has 1 rings (SSSR count). The van der Waals surface area contributed by atoms with E-state index in [0.29, 0.717) is 23.9 Å². The van der Waals surface area contributed by atoms with E-state index in [4.69, 9.17) is 4.74 Å². The van der Waals surface area contributed by atoms with Crippen molar-refractivity contribution in [2.24, 2.45) is 5.92 Å². The Labute approximate surface area is 151 Å². The third-order valence-electron chi connectivity index (χ3n) is 2.91. The van der Waals surface area contributed by atoms with Crippen molar-refractivity contribution >= 4 is 27.7 Å². The summed E-state index contributed by atoms with van der Waals surface area (Å²) in [7, 11) is 0. The Kier molecular flexibility index (Phi) is 8.32. The largest absolute Gasteiger partial charge is 0.483 e. The molecule has 0 bridgehead atoms. The van der Waals surface area contributed by atoms with Crippen LogP contribution in [0.1, 0.15) is 25.8 Å². The molecule has 6 nitrogen and oxygen atoms in total. The molecule has 0 radical (unpaired) electrons. The SMILES string of the molecule is C=C(CC(=O)NCC(C)C)NNC(=O)COc1ccc(C)cc1Br. The number of rotatable bonds is 9. The van der Waals surface area contributed by atoms with E-state index in [1.165, 1.54) is 0 Å². The number of amides is 2. The Morgan fingerprint density at radius 3 is 2.58 bits per heavy atom. The maximum atomic E-state index is 11.7. The molecule has 0 atom stereocenters. The van der Waals surface area contributed by atoms with E-state index in [-0.39, 0.29) is 24.8 Å². The Bertz CT molecular complexity index is 603. The monoisotopic (exact) mass is 397 g/mol. The number of hydrazine groups is 1. The summed E-state index contributed by atoms with van der Waals surface area (Å²) in [5.74, 6) is 0.456. The average molecular weight is 398 g/mol. The van der Waals surface area contributed by atoms with E-state index in [9.17, 15) is 9.59 Å². The van der Waals surface area contributed by atoms with Crippen LogP contribution in [0.2, 0.25) is 0 Å². The molecule has 24 heavy (non-hydrogen) atoms. The number of benzene rings is 1. The molecule has 0 heterocycles. The summed E-state index contributed by atoms with van der Waals surface area (Å²) in [4.78, 5) is 23.4. The van der Waals surface area contributed by atoms with Gasteiger partial charge in [-0.05, 0) is 46.5 Å². The molecule has 0 aromatic heterocycles. The smallest absolute Gasteiger partial charge is 0.276 e. The van der Waals surface area contributed by atoms with E-state index in [1.807, 2.05) is 32.9 Å². The molecule has 0 saturated carbocycles. The molecule has 0 aliphatic heterocycles. The van der Waals surface area contributed by atoms with Crippen molar-refractivity contribution in [3.63, 3.8) is 0 Å². The summed E-state index contributed by atoms with van der Waals surface area (Å²) in [6, 6.07) is 5.59. The van der Waals surface area contributed by atoms with E-state index in [0.717, 1.165) is 10.0 Å². The minimum absolute atomic E-state index is 0.0946. The van der Waals surface area contributed by atoms with Gasteiger partial charge in [0, 0.05) is 12.2 Å². The zero-order valence-electron chi connectivity index (χ0n) is 14.2. The van der Waals surface area contributed by atoms with Crippen LogP contribution in [0.5, 0.6) is 5.75 Å². The van der Waals surface area contributed by atoms with Crippen molar-refractivity contribution in [1.29, 1.82) is 0 Å². The van der Waals surface area contributed by atoms with Crippen LogP contribution in [-0.2, 0) is 9.59 Å². The molecule has 0 aliphatic rings. The standard InChI is InChI=1S/C17H24BrN3O3/c1-11(2)9-19-16(22)8-13(4)20-21-17(23)10-24-15-6-5-12(3)7-14(15)18/h5-7,11,20H,4,8-10H2,1-3H3,(H,19,22)(H,21,23). The van der Waals surface area contributed by atoms with E-state index >= 15 is 0 Å². The number of nitrogens with one attached hydrogen (secondary N) is 3. The molecular weight excluding hydrogens is 374 g/mol. The quantitative estimate of drug-likeness (QED) is 0.559. The number of hydrogen-bond donors (Lipinski definition) is 3. The zero-order chi connectivity index (χ0) is 18.1. The predicted molar refractivity (Wildman–Crippen MR) is 97.3 cm³/mol. The third-order valence-corrected chi connectivity index (χ3v) is 3.53. The van der Waals surface area contributed by atoms with Gasteiger partial charge in [0.2, 0.25) is 5.91 Å². The molecule has 1 aromatic rings. The topological polar surface area (TPSA) is 79.5 Å². The van der Waals surface area contributed by atoms with Crippen molar-refractivity contribution in [2.45, 2.75) is 27.2 Å². The first-order valence-corrected chi connectivity index (χ1v) is 8.45. The van der Waals surface area contributed by atoms with Crippen molar-refractivity contribution in [3.05, 3.63) is 40.5 Å². The number of hydrogen-bond acceptors (Lipinski definition) is 4. The maximum Gasteiger partial charge on any atom is 0.276 e. The molecule has 3 N–H and O–H groups in total. The summed E-state index contributed by atoms with van der Waals surface area (Å²) in [5.41, 5.74) is 6.55. The molecular formula is C17H24BrN3O3. The lowest BCUT2D eigenvalue weighted by molar-refractivity contribution is -0.124. The van der Waals surface area contributed by atoms with Crippen LogP contribution < -0.4 is 20.9 Å². The van der Waals surface area contributed by atoms with Crippen molar-refractivity contribution in [3.8, 4) is 5.75 Å². The fourth-order valence-electron chi connectivity index (χ4n) is 1.68. The molecule has 132 valence electrons. The fraction of sp³-hybridized carbons (Fsp3) is 0.412. The Balaban J connectivity index is 2.28.